The average Bonchev–Trinajstić information content (AvgIpc) is 2.84. The molecule has 0 heterocycles. The molecule has 0 radical (unpaired) electrons. The summed E-state index contributed by atoms with van der Waals surface area (Å²) in [6.45, 7) is 4.88. The fraction of sp³-hybridized carbons (Fsp3) is 0.947. The van der Waals surface area contributed by atoms with Crippen molar-refractivity contribution in [1.29, 1.82) is 0 Å². The molecule has 0 bridgehead atoms. The zero-order valence-electron chi connectivity index (χ0n) is 13.6. The van der Waals surface area contributed by atoms with E-state index in [9.17, 15) is 9.90 Å². The molecule has 0 aromatic heterocycles. The van der Waals surface area contributed by atoms with Gasteiger partial charge in [0.05, 0.1) is 6.10 Å². The van der Waals surface area contributed by atoms with E-state index in [1.165, 1.54) is 25.7 Å². The Morgan fingerprint density at radius 3 is 2.71 bits per heavy atom. The SMILES string of the molecule is CC1C[C@H]2[C@@H](CC[C@H]3CC(=O)CC[C@@]32C)[C@@H]2CC[C@H](O)C12. The summed E-state index contributed by atoms with van der Waals surface area (Å²) in [7, 11) is 0. The van der Waals surface area contributed by atoms with Crippen LogP contribution in [0.3, 0.4) is 0 Å². The van der Waals surface area contributed by atoms with Crippen molar-refractivity contribution in [3.05, 3.63) is 0 Å². The van der Waals surface area contributed by atoms with Gasteiger partial charge in [0.25, 0.3) is 0 Å². The van der Waals surface area contributed by atoms with E-state index < -0.39 is 0 Å². The van der Waals surface area contributed by atoms with E-state index in [0.29, 0.717) is 29.0 Å². The van der Waals surface area contributed by atoms with Crippen molar-refractivity contribution >= 4 is 5.78 Å². The third-order valence-corrected chi connectivity index (χ3v) is 8.13. The van der Waals surface area contributed by atoms with Crippen molar-refractivity contribution in [3.8, 4) is 0 Å². The quantitative estimate of drug-likeness (QED) is 0.736. The highest BCUT2D eigenvalue weighted by atomic mass is 16.3. The minimum Gasteiger partial charge on any atom is -0.393 e. The fourth-order valence-electron chi connectivity index (χ4n) is 7.08. The summed E-state index contributed by atoms with van der Waals surface area (Å²) in [5.74, 6) is 4.80. The molecule has 1 N–H and O–H groups in total. The Kier molecular flexibility index (Phi) is 3.26. The maximum atomic E-state index is 11.9. The smallest absolute Gasteiger partial charge is 0.133 e. The molecule has 2 heteroatoms. The van der Waals surface area contributed by atoms with Crippen LogP contribution in [0, 0.1) is 40.9 Å². The normalized spacial score (nSPS) is 56.5. The first-order valence-electron chi connectivity index (χ1n) is 9.20. The first-order valence-corrected chi connectivity index (χ1v) is 9.20. The van der Waals surface area contributed by atoms with Crippen molar-refractivity contribution in [2.45, 2.75) is 71.3 Å². The first kappa shape index (κ1) is 14.2. The number of carbonyl (C=O) groups excluding carboxylic acids is 1. The highest BCUT2D eigenvalue weighted by Gasteiger charge is 2.57. The van der Waals surface area contributed by atoms with E-state index in [0.717, 1.165) is 43.4 Å². The van der Waals surface area contributed by atoms with Crippen molar-refractivity contribution in [3.63, 3.8) is 0 Å². The lowest BCUT2D eigenvalue weighted by Crippen LogP contribution is -2.53. The molecule has 0 saturated heterocycles. The third-order valence-electron chi connectivity index (χ3n) is 8.13. The van der Waals surface area contributed by atoms with Crippen LogP contribution < -0.4 is 0 Å². The summed E-state index contributed by atoms with van der Waals surface area (Å²) < 4.78 is 0. The second-order valence-electron chi connectivity index (χ2n) is 8.89. The number of Topliss-reactive ketones (excluding diaryl/α,β-unsaturated/α-hetero) is 1. The lowest BCUT2D eigenvalue weighted by molar-refractivity contribution is -0.139. The number of aliphatic hydroxyl groups is 1. The molecular formula is C19H30O2. The number of rotatable bonds is 0. The van der Waals surface area contributed by atoms with Gasteiger partial charge < -0.3 is 5.11 Å². The van der Waals surface area contributed by atoms with Gasteiger partial charge >= 0.3 is 0 Å². The van der Waals surface area contributed by atoms with E-state index in [1.807, 2.05) is 0 Å². The molecule has 0 aromatic carbocycles. The molecule has 4 aliphatic rings. The molecule has 0 amide bonds. The summed E-state index contributed by atoms with van der Waals surface area (Å²) in [5, 5.41) is 10.4. The lowest BCUT2D eigenvalue weighted by atomic mass is 9.46. The van der Waals surface area contributed by atoms with Gasteiger partial charge in [-0.2, -0.15) is 0 Å². The number of ketones is 1. The Bertz CT molecular complexity index is 445. The van der Waals surface area contributed by atoms with Crippen molar-refractivity contribution in [2.75, 3.05) is 0 Å². The molecule has 2 nitrogen and oxygen atoms in total. The summed E-state index contributed by atoms with van der Waals surface area (Å²) in [4.78, 5) is 11.9. The summed E-state index contributed by atoms with van der Waals surface area (Å²) in [6, 6.07) is 0. The Morgan fingerprint density at radius 2 is 1.90 bits per heavy atom. The molecule has 4 saturated carbocycles. The lowest BCUT2D eigenvalue weighted by Gasteiger charge is -2.59. The molecule has 21 heavy (non-hydrogen) atoms. The number of hydrogen-bond acceptors (Lipinski definition) is 2. The van der Waals surface area contributed by atoms with Gasteiger partial charge in [-0.15, -0.1) is 0 Å². The van der Waals surface area contributed by atoms with Crippen LogP contribution in [-0.4, -0.2) is 17.0 Å². The van der Waals surface area contributed by atoms with Gasteiger partial charge in [0, 0.05) is 12.8 Å². The van der Waals surface area contributed by atoms with Gasteiger partial charge in [-0.3, -0.25) is 4.79 Å². The van der Waals surface area contributed by atoms with Gasteiger partial charge in [-0.1, -0.05) is 13.8 Å². The van der Waals surface area contributed by atoms with Crippen LogP contribution in [-0.2, 0) is 4.79 Å². The van der Waals surface area contributed by atoms with Gasteiger partial charge in [0.15, 0.2) is 0 Å². The molecule has 4 fully saturated rings. The van der Waals surface area contributed by atoms with Crippen molar-refractivity contribution in [1.82, 2.24) is 0 Å². The van der Waals surface area contributed by atoms with E-state index in [1.54, 1.807) is 0 Å². The fourth-order valence-corrected chi connectivity index (χ4v) is 7.08. The summed E-state index contributed by atoms with van der Waals surface area (Å²) in [6.07, 6.45) is 8.92. The summed E-state index contributed by atoms with van der Waals surface area (Å²) >= 11 is 0. The van der Waals surface area contributed by atoms with Crippen LogP contribution in [0.5, 0.6) is 0 Å². The van der Waals surface area contributed by atoms with Gasteiger partial charge in [0.2, 0.25) is 0 Å². The third kappa shape index (κ3) is 1.97. The minimum atomic E-state index is -0.0376. The number of fused-ring (bicyclic) bond motifs is 5. The van der Waals surface area contributed by atoms with E-state index in [4.69, 9.17) is 0 Å². The zero-order valence-corrected chi connectivity index (χ0v) is 13.6. The van der Waals surface area contributed by atoms with Gasteiger partial charge in [-0.25, -0.2) is 0 Å². The first-order chi connectivity index (χ1) is 10.0. The number of carbonyl (C=O) groups is 1. The van der Waals surface area contributed by atoms with Crippen LogP contribution in [0.25, 0.3) is 0 Å². The highest BCUT2D eigenvalue weighted by molar-refractivity contribution is 5.79. The van der Waals surface area contributed by atoms with Crippen LogP contribution >= 0.6 is 0 Å². The van der Waals surface area contributed by atoms with Crippen molar-refractivity contribution in [2.24, 2.45) is 40.9 Å². The van der Waals surface area contributed by atoms with Crippen LogP contribution in [0.15, 0.2) is 0 Å². The predicted molar refractivity (Wildman–Crippen MR) is 82.7 cm³/mol. The Balaban J connectivity index is 1.64. The molecule has 0 spiro atoms. The number of hydrogen-bond donors (Lipinski definition) is 1. The average molecular weight is 290 g/mol. The maximum absolute atomic E-state index is 11.9. The zero-order chi connectivity index (χ0) is 14.8. The molecule has 0 aromatic rings. The largest absolute Gasteiger partial charge is 0.393 e. The minimum absolute atomic E-state index is 0.0376. The Morgan fingerprint density at radius 1 is 1.14 bits per heavy atom. The molecule has 2 unspecified atom stereocenters. The van der Waals surface area contributed by atoms with Crippen LogP contribution in [0.2, 0.25) is 0 Å². The summed E-state index contributed by atoms with van der Waals surface area (Å²) in [5.41, 5.74) is 0.406. The van der Waals surface area contributed by atoms with Crippen LogP contribution in [0.1, 0.15) is 65.2 Å². The second kappa shape index (κ2) is 4.81. The maximum Gasteiger partial charge on any atom is 0.133 e. The van der Waals surface area contributed by atoms with Crippen LogP contribution in [0.4, 0.5) is 0 Å². The Labute approximate surface area is 128 Å². The van der Waals surface area contributed by atoms with Crippen molar-refractivity contribution < 1.29 is 9.90 Å². The van der Waals surface area contributed by atoms with E-state index in [-0.39, 0.29) is 6.10 Å². The second-order valence-corrected chi connectivity index (χ2v) is 8.89. The monoisotopic (exact) mass is 290 g/mol. The topological polar surface area (TPSA) is 37.3 Å². The standard InChI is InChI=1S/C19H30O2/c1-11-9-16-14(15-5-6-17(21)18(11)15)4-3-12-10-13(20)7-8-19(12,16)2/h11-12,14-18,21H,3-10H2,1-2H3/t11?,12-,14-,15-,16-,17-,18?,19-/m0/s1. The molecular weight excluding hydrogens is 260 g/mol. The molecule has 8 atom stereocenters. The molecule has 4 rings (SSSR count). The molecule has 118 valence electrons. The van der Waals surface area contributed by atoms with Gasteiger partial charge in [0.1, 0.15) is 5.78 Å². The Hall–Kier alpha value is -0.370. The van der Waals surface area contributed by atoms with Gasteiger partial charge in [-0.05, 0) is 79.4 Å². The predicted octanol–water partition coefficient (Wildman–Crippen LogP) is 3.82. The highest BCUT2D eigenvalue weighted by Crippen LogP contribution is 2.63. The molecule has 0 aliphatic heterocycles. The van der Waals surface area contributed by atoms with E-state index in [2.05, 4.69) is 13.8 Å². The number of aliphatic hydroxyl groups excluding tert-OH is 1. The molecule has 4 aliphatic carbocycles. The van der Waals surface area contributed by atoms with E-state index >= 15 is 0 Å².